The summed E-state index contributed by atoms with van der Waals surface area (Å²) in [5, 5.41) is 21.6. The molecule has 0 saturated carbocycles. The zero-order valence-corrected chi connectivity index (χ0v) is 10.0. The van der Waals surface area contributed by atoms with Crippen molar-refractivity contribution in [1.82, 2.24) is 15.6 Å². The van der Waals surface area contributed by atoms with E-state index < -0.39 is 30.4 Å². The van der Waals surface area contributed by atoms with E-state index in [1.165, 1.54) is 6.20 Å². The molecule has 0 saturated heterocycles. The van der Waals surface area contributed by atoms with Crippen molar-refractivity contribution < 1.29 is 29.0 Å². The number of carbonyl (C=O) groups excluding carboxylic acids is 1. The summed E-state index contributed by atoms with van der Waals surface area (Å²) in [4.78, 5) is 36.3. The van der Waals surface area contributed by atoms with E-state index in [9.17, 15) is 14.4 Å². The first kappa shape index (κ1) is 14.5. The molecule has 0 aromatic carbocycles. The Labute approximate surface area is 107 Å². The molecular weight excluding hydrogens is 258 g/mol. The molecule has 2 amide bonds. The molecule has 19 heavy (non-hydrogen) atoms. The van der Waals surface area contributed by atoms with E-state index in [0.717, 1.165) is 0 Å². The SMILES string of the molecule is Cc1cnc(CNC(=O)NC(CC(=O)O)C(=O)O)o1. The fourth-order valence-corrected chi connectivity index (χ4v) is 1.22. The molecule has 1 rings (SSSR count). The van der Waals surface area contributed by atoms with Gasteiger partial charge in [0, 0.05) is 0 Å². The lowest BCUT2D eigenvalue weighted by Gasteiger charge is -2.12. The summed E-state index contributed by atoms with van der Waals surface area (Å²) in [6, 6.07) is -2.31. The van der Waals surface area contributed by atoms with Gasteiger partial charge in [-0.2, -0.15) is 0 Å². The number of carbonyl (C=O) groups is 3. The zero-order valence-electron chi connectivity index (χ0n) is 10.0. The molecule has 1 unspecified atom stereocenters. The lowest BCUT2D eigenvalue weighted by atomic mass is 10.2. The third-order valence-corrected chi connectivity index (χ3v) is 2.05. The largest absolute Gasteiger partial charge is 0.481 e. The molecule has 0 radical (unpaired) electrons. The maximum atomic E-state index is 11.4. The summed E-state index contributed by atoms with van der Waals surface area (Å²) in [7, 11) is 0. The van der Waals surface area contributed by atoms with E-state index in [1.54, 1.807) is 6.92 Å². The number of oxazole rings is 1. The number of nitrogens with zero attached hydrogens (tertiary/aromatic N) is 1. The fourth-order valence-electron chi connectivity index (χ4n) is 1.22. The van der Waals surface area contributed by atoms with Crippen LogP contribution in [0.3, 0.4) is 0 Å². The average Bonchev–Trinajstić information content (AvgIpc) is 2.71. The molecule has 9 nitrogen and oxygen atoms in total. The van der Waals surface area contributed by atoms with Gasteiger partial charge in [-0.25, -0.2) is 14.6 Å². The Morgan fingerprint density at radius 1 is 1.42 bits per heavy atom. The van der Waals surface area contributed by atoms with Gasteiger partial charge < -0.3 is 25.3 Å². The van der Waals surface area contributed by atoms with Crippen LogP contribution >= 0.6 is 0 Å². The molecule has 0 aliphatic rings. The van der Waals surface area contributed by atoms with E-state index in [-0.39, 0.29) is 12.4 Å². The highest BCUT2D eigenvalue weighted by molar-refractivity contribution is 5.86. The number of carboxylic acids is 2. The van der Waals surface area contributed by atoms with E-state index in [1.807, 2.05) is 5.32 Å². The molecule has 0 spiro atoms. The minimum absolute atomic E-state index is 0.0287. The van der Waals surface area contributed by atoms with Gasteiger partial charge in [-0.15, -0.1) is 0 Å². The van der Waals surface area contributed by atoms with Gasteiger partial charge in [0.1, 0.15) is 11.8 Å². The van der Waals surface area contributed by atoms with Gasteiger partial charge in [-0.05, 0) is 6.92 Å². The van der Waals surface area contributed by atoms with Crippen LogP contribution in [-0.4, -0.2) is 39.2 Å². The standard InChI is InChI=1S/C10H13N3O6/c1-5-3-11-7(19-5)4-12-10(18)13-6(9(16)17)2-8(14)15/h3,6H,2,4H2,1H3,(H,14,15)(H,16,17)(H2,12,13,18). The highest BCUT2D eigenvalue weighted by Gasteiger charge is 2.22. The van der Waals surface area contributed by atoms with E-state index >= 15 is 0 Å². The van der Waals surface area contributed by atoms with Crippen molar-refractivity contribution in [1.29, 1.82) is 0 Å². The van der Waals surface area contributed by atoms with Crippen LogP contribution in [0.2, 0.25) is 0 Å². The predicted molar refractivity (Wildman–Crippen MR) is 60.3 cm³/mol. The topological polar surface area (TPSA) is 142 Å². The smallest absolute Gasteiger partial charge is 0.326 e. The molecule has 1 atom stereocenters. The van der Waals surface area contributed by atoms with Crippen molar-refractivity contribution in [3.05, 3.63) is 17.8 Å². The van der Waals surface area contributed by atoms with Crippen LogP contribution in [0.5, 0.6) is 0 Å². The summed E-state index contributed by atoms with van der Waals surface area (Å²) in [6.07, 6.45) is 0.764. The van der Waals surface area contributed by atoms with E-state index in [4.69, 9.17) is 14.6 Å². The lowest BCUT2D eigenvalue weighted by Crippen LogP contribution is -2.46. The second-order valence-corrected chi connectivity index (χ2v) is 3.68. The van der Waals surface area contributed by atoms with Gasteiger partial charge in [0.05, 0.1) is 19.2 Å². The molecule has 9 heteroatoms. The number of urea groups is 1. The van der Waals surface area contributed by atoms with Crippen molar-refractivity contribution in [3.63, 3.8) is 0 Å². The third kappa shape index (κ3) is 5.06. The Balaban J connectivity index is 2.44. The number of aromatic nitrogens is 1. The van der Waals surface area contributed by atoms with Crippen LogP contribution in [0.25, 0.3) is 0 Å². The molecule has 0 fully saturated rings. The first-order valence-electron chi connectivity index (χ1n) is 5.28. The van der Waals surface area contributed by atoms with Crippen molar-refractivity contribution in [2.24, 2.45) is 0 Å². The summed E-state index contributed by atoms with van der Waals surface area (Å²) in [5.41, 5.74) is 0. The highest BCUT2D eigenvalue weighted by atomic mass is 16.4. The summed E-state index contributed by atoms with van der Waals surface area (Å²) in [5.74, 6) is -1.91. The maximum absolute atomic E-state index is 11.4. The number of aliphatic carboxylic acids is 2. The predicted octanol–water partition coefficient (Wildman–Crippen LogP) is -0.290. The molecule has 0 bridgehead atoms. The lowest BCUT2D eigenvalue weighted by molar-refractivity contribution is -0.145. The van der Waals surface area contributed by atoms with Gasteiger partial charge in [-0.3, -0.25) is 4.79 Å². The molecule has 104 valence electrons. The number of aryl methyl sites for hydroxylation is 1. The summed E-state index contributed by atoms with van der Waals surface area (Å²) in [6.45, 7) is 1.66. The Kier molecular flexibility index (Phi) is 4.86. The molecule has 1 heterocycles. The van der Waals surface area contributed by atoms with Crippen molar-refractivity contribution in [2.45, 2.75) is 25.9 Å². The number of hydrogen-bond donors (Lipinski definition) is 4. The van der Waals surface area contributed by atoms with Crippen LogP contribution in [0.15, 0.2) is 10.6 Å². The van der Waals surface area contributed by atoms with Crippen LogP contribution in [0.4, 0.5) is 4.79 Å². The van der Waals surface area contributed by atoms with Crippen molar-refractivity contribution in [3.8, 4) is 0 Å². The van der Waals surface area contributed by atoms with E-state index in [2.05, 4.69) is 10.3 Å². The maximum Gasteiger partial charge on any atom is 0.326 e. The molecular formula is C10H13N3O6. The Morgan fingerprint density at radius 2 is 2.11 bits per heavy atom. The van der Waals surface area contributed by atoms with Crippen LogP contribution in [0, 0.1) is 6.92 Å². The normalized spacial score (nSPS) is 11.6. The van der Waals surface area contributed by atoms with Gasteiger partial charge in [0.2, 0.25) is 5.89 Å². The van der Waals surface area contributed by atoms with Crippen molar-refractivity contribution in [2.75, 3.05) is 0 Å². The molecule has 1 aromatic heterocycles. The second kappa shape index (κ2) is 6.38. The summed E-state index contributed by atoms with van der Waals surface area (Å²) < 4.78 is 5.09. The quantitative estimate of drug-likeness (QED) is 0.556. The van der Waals surface area contributed by atoms with E-state index in [0.29, 0.717) is 5.76 Å². The van der Waals surface area contributed by atoms with Crippen molar-refractivity contribution >= 4 is 18.0 Å². The monoisotopic (exact) mass is 271 g/mol. The van der Waals surface area contributed by atoms with Gasteiger partial charge in [0.25, 0.3) is 0 Å². The Bertz CT molecular complexity index is 483. The van der Waals surface area contributed by atoms with Crippen LogP contribution in [0.1, 0.15) is 18.1 Å². The molecule has 4 N–H and O–H groups in total. The first-order valence-corrected chi connectivity index (χ1v) is 5.28. The number of rotatable bonds is 6. The van der Waals surface area contributed by atoms with Gasteiger partial charge in [-0.1, -0.05) is 0 Å². The van der Waals surface area contributed by atoms with Gasteiger partial charge in [0.15, 0.2) is 0 Å². The second-order valence-electron chi connectivity index (χ2n) is 3.68. The number of amides is 2. The van der Waals surface area contributed by atoms with Crippen LogP contribution in [-0.2, 0) is 16.1 Å². The Morgan fingerprint density at radius 3 is 2.58 bits per heavy atom. The minimum atomic E-state index is -1.50. The number of carboxylic acid groups (broad SMARTS) is 2. The van der Waals surface area contributed by atoms with Crippen LogP contribution < -0.4 is 10.6 Å². The highest BCUT2D eigenvalue weighted by Crippen LogP contribution is 2.00. The molecule has 1 aromatic rings. The Hall–Kier alpha value is -2.58. The molecule has 0 aliphatic carbocycles. The average molecular weight is 271 g/mol. The first-order chi connectivity index (χ1) is 8.88. The third-order valence-electron chi connectivity index (χ3n) is 2.05. The zero-order chi connectivity index (χ0) is 14.4. The summed E-state index contributed by atoms with van der Waals surface area (Å²) >= 11 is 0. The molecule has 0 aliphatic heterocycles. The fraction of sp³-hybridized carbons (Fsp3) is 0.400. The van der Waals surface area contributed by atoms with Gasteiger partial charge >= 0.3 is 18.0 Å². The number of hydrogen-bond acceptors (Lipinski definition) is 5. The minimum Gasteiger partial charge on any atom is -0.481 e. The number of nitrogens with one attached hydrogen (secondary N) is 2.